The molecule has 0 bridgehead atoms. The number of ether oxygens (including phenoxy) is 2. The van der Waals surface area contributed by atoms with E-state index < -0.39 is 0 Å². The second kappa shape index (κ2) is 6.28. The van der Waals surface area contributed by atoms with Crippen molar-refractivity contribution < 1.29 is 14.3 Å². The highest BCUT2D eigenvalue weighted by molar-refractivity contribution is 7.99. The summed E-state index contributed by atoms with van der Waals surface area (Å²) in [6.45, 7) is 1.71. The van der Waals surface area contributed by atoms with Gasteiger partial charge in [-0.2, -0.15) is 0 Å². The van der Waals surface area contributed by atoms with E-state index in [4.69, 9.17) is 9.47 Å². The smallest absolute Gasteiger partial charge is 0.251 e. The number of nitrogens with zero attached hydrogens (tertiary/aromatic N) is 1. The van der Waals surface area contributed by atoms with Gasteiger partial charge in [0.05, 0.1) is 5.69 Å². The van der Waals surface area contributed by atoms with Crippen molar-refractivity contribution in [3.05, 3.63) is 47.5 Å². The number of hydrogen-bond acceptors (Lipinski definition) is 5. The van der Waals surface area contributed by atoms with Gasteiger partial charge in [0.15, 0.2) is 11.5 Å². The van der Waals surface area contributed by atoms with Crippen LogP contribution >= 0.6 is 11.8 Å². The van der Waals surface area contributed by atoms with Gasteiger partial charge in [-0.05, 0) is 35.9 Å². The van der Waals surface area contributed by atoms with Gasteiger partial charge >= 0.3 is 0 Å². The molecule has 2 aliphatic rings. The van der Waals surface area contributed by atoms with Crippen molar-refractivity contribution in [3.63, 3.8) is 0 Å². The molecule has 2 aliphatic heterocycles. The van der Waals surface area contributed by atoms with Crippen LogP contribution in [0.4, 0.5) is 5.69 Å². The maximum atomic E-state index is 12.5. The third-order valence-corrected chi connectivity index (χ3v) is 5.25. The van der Waals surface area contributed by atoms with E-state index in [1.807, 2.05) is 48.2 Å². The van der Waals surface area contributed by atoms with Crippen molar-refractivity contribution >= 4 is 23.4 Å². The minimum Gasteiger partial charge on any atom is -0.454 e. The van der Waals surface area contributed by atoms with Crippen LogP contribution in [0.2, 0.25) is 0 Å². The SMILES string of the molecule is CN1CCSc2ccc(C(=O)NCc3ccc4c(c3)OCO4)cc21. The lowest BCUT2D eigenvalue weighted by Gasteiger charge is -2.27. The fraction of sp³-hybridized carbons (Fsp3) is 0.278. The van der Waals surface area contributed by atoms with Crippen LogP contribution in [-0.4, -0.2) is 32.0 Å². The Morgan fingerprint density at radius 2 is 2.08 bits per heavy atom. The molecule has 0 aliphatic carbocycles. The standard InChI is InChI=1S/C18H18N2O3S/c1-20-6-7-24-17-5-3-13(9-14(17)20)18(21)19-10-12-2-4-15-16(8-12)23-11-22-15/h2-5,8-9H,6-7,10-11H2,1H3,(H,19,21). The van der Waals surface area contributed by atoms with Crippen LogP contribution in [0.3, 0.4) is 0 Å². The molecule has 124 valence electrons. The maximum Gasteiger partial charge on any atom is 0.251 e. The molecule has 0 saturated carbocycles. The van der Waals surface area contributed by atoms with Crippen molar-refractivity contribution in [2.24, 2.45) is 0 Å². The Bertz CT molecular complexity index is 794. The second-order valence-electron chi connectivity index (χ2n) is 5.82. The second-order valence-corrected chi connectivity index (χ2v) is 6.96. The van der Waals surface area contributed by atoms with E-state index in [1.165, 1.54) is 4.90 Å². The molecule has 6 heteroatoms. The van der Waals surface area contributed by atoms with Crippen LogP contribution in [0.1, 0.15) is 15.9 Å². The monoisotopic (exact) mass is 342 g/mol. The average Bonchev–Trinajstić information content (AvgIpc) is 3.07. The number of hydrogen-bond donors (Lipinski definition) is 1. The zero-order chi connectivity index (χ0) is 16.5. The van der Waals surface area contributed by atoms with Crippen molar-refractivity contribution in [2.75, 3.05) is 31.0 Å². The third-order valence-electron chi connectivity index (χ3n) is 4.21. The summed E-state index contributed by atoms with van der Waals surface area (Å²) in [4.78, 5) is 15.9. The average molecular weight is 342 g/mol. The first-order valence-corrected chi connectivity index (χ1v) is 8.84. The Balaban J connectivity index is 1.46. The molecule has 4 rings (SSSR count). The molecule has 0 saturated heterocycles. The predicted octanol–water partition coefficient (Wildman–Crippen LogP) is 2.89. The van der Waals surface area contributed by atoms with E-state index in [9.17, 15) is 4.79 Å². The summed E-state index contributed by atoms with van der Waals surface area (Å²) in [6, 6.07) is 11.6. The molecular weight excluding hydrogens is 324 g/mol. The van der Waals surface area contributed by atoms with E-state index in [-0.39, 0.29) is 12.7 Å². The number of anilines is 1. The molecule has 0 spiro atoms. The number of benzene rings is 2. The van der Waals surface area contributed by atoms with E-state index in [1.54, 1.807) is 0 Å². The minimum atomic E-state index is -0.0700. The summed E-state index contributed by atoms with van der Waals surface area (Å²) in [6.07, 6.45) is 0. The molecule has 1 N–H and O–H groups in total. The minimum absolute atomic E-state index is 0.0700. The number of thioether (sulfide) groups is 1. The van der Waals surface area contributed by atoms with Gasteiger partial charge in [0.25, 0.3) is 5.91 Å². The van der Waals surface area contributed by atoms with E-state index in [0.717, 1.165) is 35.0 Å². The molecule has 0 radical (unpaired) electrons. The lowest BCUT2D eigenvalue weighted by molar-refractivity contribution is 0.0951. The van der Waals surface area contributed by atoms with Crippen LogP contribution < -0.4 is 19.7 Å². The van der Waals surface area contributed by atoms with Gasteiger partial charge in [0, 0.05) is 36.3 Å². The number of fused-ring (bicyclic) bond motifs is 2. The van der Waals surface area contributed by atoms with Crippen molar-refractivity contribution in [2.45, 2.75) is 11.4 Å². The summed E-state index contributed by atoms with van der Waals surface area (Å²) >= 11 is 1.84. The fourth-order valence-electron chi connectivity index (χ4n) is 2.83. The normalized spacial score (nSPS) is 15.1. The van der Waals surface area contributed by atoms with Gasteiger partial charge in [-0.1, -0.05) is 6.07 Å². The lowest BCUT2D eigenvalue weighted by Crippen LogP contribution is -2.26. The zero-order valence-electron chi connectivity index (χ0n) is 13.4. The number of carbonyl (C=O) groups is 1. The topological polar surface area (TPSA) is 50.8 Å². The molecule has 0 aromatic heterocycles. The summed E-state index contributed by atoms with van der Waals surface area (Å²) in [5.74, 6) is 2.49. The molecule has 24 heavy (non-hydrogen) atoms. The van der Waals surface area contributed by atoms with E-state index >= 15 is 0 Å². The Labute approximate surface area is 144 Å². The summed E-state index contributed by atoms with van der Waals surface area (Å²) in [5, 5.41) is 2.97. The third kappa shape index (κ3) is 2.89. The number of nitrogens with one attached hydrogen (secondary N) is 1. The van der Waals surface area contributed by atoms with Gasteiger partial charge in [-0.25, -0.2) is 0 Å². The highest BCUT2D eigenvalue weighted by atomic mass is 32.2. The quantitative estimate of drug-likeness (QED) is 0.929. The first kappa shape index (κ1) is 15.2. The van der Waals surface area contributed by atoms with Crippen LogP contribution in [0, 0.1) is 0 Å². The molecule has 2 aromatic carbocycles. The molecule has 2 aromatic rings. The van der Waals surface area contributed by atoms with Crippen molar-refractivity contribution in [3.8, 4) is 11.5 Å². The highest BCUT2D eigenvalue weighted by Crippen LogP contribution is 2.35. The summed E-state index contributed by atoms with van der Waals surface area (Å²) in [5.41, 5.74) is 2.80. The van der Waals surface area contributed by atoms with Crippen LogP contribution in [0.25, 0.3) is 0 Å². The molecule has 1 amide bonds. The summed E-state index contributed by atoms with van der Waals surface area (Å²) < 4.78 is 10.7. The number of rotatable bonds is 3. The Morgan fingerprint density at radius 1 is 1.21 bits per heavy atom. The molecule has 0 unspecified atom stereocenters. The van der Waals surface area contributed by atoms with Crippen molar-refractivity contribution in [1.29, 1.82) is 0 Å². The van der Waals surface area contributed by atoms with Gasteiger partial charge in [0.2, 0.25) is 6.79 Å². The van der Waals surface area contributed by atoms with Crippen LogP contribution in [0.15, 0.2) is 41.3 Å². The largest absolute Gasteiger partial charge is 0.454 e. The first-order chi connectivity index (χ1) is 11.7. The highest BCUT2D eigenvalue weighted by Gasteiger charge is 2.17. The van der Waals surface area contributed by atoms with Gasteiger partial charge in [0.1, 0.15) is 0 Å². The molecule has 0 atom stereocenters. The Kier molecular flexibility index (Phi) is 3.98. The van der Waals surface area contributed by atoms with Crippen LogP contribution in [0.5, 0.6) is 11.5 Å². The first-order valence-electron chi connectivity index (χ1n) is 7.85. The van der Waals surface area contributed by atoms with Gasteiger partial charge in [-0.15, -0.1) is 11.8 Å². The molecule has 2 heterocycles. The molecular formula is C18H18N2O3S. The predicted molar refractivity (Wildman–Crippen MR) is 94.2 cm³/mol. The lowest BCUT2D eigenvalue weighted by atomic mass is 10.1. The Morgan fingerprint density at radius 3 is 3.00 bits per heavy atom. The van der Waals surface area contributed by atoms with Gasteiger partial charge in [-0.3, -0.25) is 4.79 Å². The maximum absolute atomic E-state index is 12.5. The molecule has 0 fully saturated rings. The fourth-order valence-corrected chi connectivity index (χ4v) is 3.94. The van der Waals surface area contributed by atoms with E-state index in [0.29, 0.717) is 12.1 Å². The van der Waals surface area contributed by atoms with Crippen LogP contribution in [-0.2, 0) is 6.54 Å². The number of carbonyl (C=O) groups excluding carboxylic acids is 1. The van der Waals surface area contributed by atoms with Gasteiger partial charge < -0.3 is 19.7 Å². The Hall–Kier alpha value is -2.34. The number of amides is 1. The summed E-state index contributed by atoms with van der Waals surface area (Å²) in [7, 11) is 2.06. The molecule has 5 nitrogen and oxygen atoms in total. The van der Waals surface area contributed by atoms with E-state index in [2.05, 4.69) is 17.3 Å². The zero-order valence-corrected chi connectivity index (χ0v) is 14.2. The van der Waals surface area contributed by atoms with Crippen molar-refractivity contribution in [1.82, 2.24) is 5.32 Å².